The molecule has 2 rings (SSSR count). The van der Waals surface area contributed by atoms with Crippen molar-refractivity contribution in [3.63, 3.8) is 0 Å². The normalized spacial score (nSPS) is 12.4. The molecule has 0 aliphatic carbocycles. The molecule has 2 amide bonds. The molecule has 2 aromatic carbocycles. The summed E-state index contributed by atoms with van der Waals surface area (Å²) < 4.78 is 26.6. The molecule has 0 radical (unpaired) electrons. The van der Waals surface area contributed by atoms with Crippen LogP contribution in [0.4, 0.5) is 0 Å². The van der Waals surface area contributed by atoms with Crippen molar-refractivity contribution in [2.45, 2.75) is 31.3 Å². The SMILES string of the molecule is CCNC(=O)[C@@H](C)N(Cc1ccccc1)C(=O)CN(C)S(=O)(=O)c1ccc(Cl)cc1. The van der Waals surface area contributed by atoms with Crippen molar-refractivity contribution in [3.8, 4) is 0 Å². The van der Waals surface area contributed by atoms with E-state index in [0.29, 0.717) is 11.6 Å². The molecule has 1 N–H and O–H groups in total. The van der Waals surface area contributed by atoms with Gasteiger partial charge < -0.3 is 10.2 Å². The van der Waals surface area contributed by atoms with Crippen molar-refractivity contribution in [2.24, 2.45) is 0 Å². The first-order valence-electron chi connectivity index (χ1n) is 9.49. The van der Waals surface area contributed by atoms with Crippen LogP contribution in [-0.2, 0) is 26.2 Å². The van der Waals surface area contributed by atoms with Gasteiger partial charge in [-0.3, -0.25) is 9.59 Å². The van der Waals surface area contributed by atoms with Crippen molar-refractivity contribution in [1.82, 2.24) is 14.5 Å². The van der Waals surface area contributed by atoms with Gasteiger partial charge in [0.1, 0.15) is 6.04 Å². The summed E-state index contributed by atoms with van der Waals surface area (Å²) in [4.78, 5) is 26.8. The van der Waals surface area contributed by atoms with Gasteiger partial charge in [0.25, 0.3) is 0 Å². The summed E-state index contributed by atoms with van der Waals surface area (Å²) in [6.45, 7) is 3.63. The van der Waals surface area contributed by atoms with Crippen LogP contribution in [0, 0.1) is 0 Å². The Balaban J connectivity index is 2.23. The predicted octanol–water partition coefficient (Wildman–Crippen LogP) is 2.51. The molecule has 0 unspecified atom stereocenters. The molecule has 7 nitrogen and oxygen atoms in total. The third-order valence-corrected chi connectivity index (χ3v) is 6.66. The molecule has 162 valence electrons. The molecule has 0 aromatic heterocycles. The number of halogens is 1. The zero-order valence-corrected chi connectivity index (χ0v) is 18.8. The summed E-state index contributed by atoms with van der Waals surface area (Å²) in [7, 11) is -2.55. The van der Waals surface area contributed by atoms with Crippen molar-refractivity contribution < 1.29 is 18.0 Å². The molecule has 0 saturated heterocycles. The van der Waals surface area contributed by atoms with Crippen LogP contribution in [0.5, 0.6) is 0 Å². The smallest absolute Gasteiger partial charge is 0.243 e. The van der Waals surface area contributed by atoms with Crippen molar-refractivity contribution in [1.29, 1.82) is 0 Å². The topological polar surface area (TPSA) is 86.8 Å². The zero-order valence-electron chi connectivity index (χ0n) is 17.2. The Morgan fingerprint density at radius 2 is 1.67 bits per heavy atom. The van der Waals surface area contributed by atoms with Crippen LogP contribution >= 0.6 is 11.6 Å². The molecule has 0 heterocycles. The van der Waals surface area contributed by atoms with Gasteiger partial charge in [-0.1, -0.05) is 41.9 Å². The molecule has 0 fully saturated rings. The van der Waals surface area contributed by atoms with Gasteiger partial charge >= 0.3 is 0 Å². The average Bonchev–Trinajstić information content (AvgIpc) is 2.72. The largest absolute Gasteiger partial charge is 0.355 e. The number of hydrogen-bond donors (Lipinski definition) is 1. The summed E-state index contributed by atoms with van der Waals surface area (Å²) >= 11 is 5.83. The third-order valence-electron chi connectivity index (χ3n) is 4.59. The number of benzene rings is 2. The van der Waals surface area contributed by atoms with E-state index in [-0.39, 0.29) is 17.3 Å². The number of likely N-dealkylation sites (N-methyl/N-ethyl adjacent to an activating group) is 2. The Bertz CT molecular complexity index is 966. The summed E-state index contributed by atoms with van der Waals surface area (Å²) in [6, 6.07) is 14.2. The van der Waals surface area contributed by atoms with E-state index in [9.17, 15) is 18.0 Å². The predicted molar refractivity (Wildman–Crippen MR) is 116 cm³/mol. The van der Waals surface area contributed by atoms with Crippen LogP contribution < -0.4 is 5.32 Å². The number of amides is 2. The first kappa shape index (κ1) is 23.9. The fourth-order valence-corrected chi connectivity index (χ4v) is 4.08. The Morgan fingerprint density at radius 1 is 1.07 bits per heavy atom. The molecular weight excluding hydrogens is 426 g/mol. The lowest BCUT2D eigenvalue weighted by atomic mass is 10.1. The second kappa shape index (κ2) is 10.6. The number of nitrogens with zero attached hydrogens (tertiary/aromatic N) is 2. The van der Waals surface area contributed by atoms with E-state index >= 15 is 0 Å². The highest BCUT2D eigenvalue weighted by Crippen LogP contribution is 2.18. The molecule has 0 spiro atoms. The van der Waals surface area contributed by atoms with Crippen molar-refractivity contribution in [3.05, 3.63) is 65.2 Å². The van der Waals surface area contributed by atoms with Crippen LogP contribution in [0.15, 0.2) is 59.5 Å². The van der Waals surface area contributed by atoms with E-state index in [1.807, 2.05) is 30.3 Å². The highest BCUT2D eigenvalue weighted by molar-refractivity contribution is 7.89. The fourth-order valence-electron chi connectivity index (χ4n) is 2.84. The number of nitrogens with one attached hydrogen (secondary N) is 1. The van der Waals surface area contributed by atoms with Crippen LogP contribution in [0.25, 0.3) is 0 Å². The summed E-state index contributed by atoms with van der Waals surface area (Å²) in [5, 5.41) is 3.12. The number of rotatable bonds is 9. The minimum absolute atomic E-state index is 0.0357. The van der Waals surface area contributed by atoms with Gasteiger partial charge in [0, 0.05) is 25.2 Å². The summed E-state index contributed by atoms with van der Waals surface area (Å²) in [6.07, 6.45) is 0. The molecule has 0 aliphatic rings. The highest BCUT2D eigenvalue weighted by atomic mass is 35.5. The lowest BCUT2D eigenvalue weighted by molar-refractivity contribution is -0.140. The maximum Gasteiger partial charge on any atom is 0.243 e. The van der Waals surface area contributed by atoms with Gasteiger partial charge in [-0.25, -0.2) is 8.42 Å². The molecule has 2 aromatic rings. The highest BCUT2D eigenvalue weighted by Gasteiger charge is 2.30. The Kier molecular flexibility index (Phi) is 8.40. The van der Waals surface area contributed by atoms with Gasteiger partial charge in [-0.05, 0) is 43.7 Å². The second-order valence-corrected chi connectivity index (χ2v) is 9.27. The van der Waals surface area contributed by atoms with E-state index in [1.54, 1.807) is 13.8 Å². The fraction of sp³-hybridized carbons (Fsp3) is 0.333. The van der Waals surface area contributed by atoms with Crippen molar-refractivity contribution >= 4 is 33.4 Å². The third kappa shape index (κ3) is 6.04. The van der Waals surface area contributed by atoms with Gasteiger partial charge in [0.15, 0.2) is 0 Å². The van der Waals surface area contributed by atoms with E-state index in [2.05, 4.69) is 5.32 Å². The lowest BCUT2D eigenvalue weighted by Crippen LogP contribution is -2.50. The lowest BCUT2D eigenvalue weighted by Gasteiger charge is -2.30. The number of carbonyl (C=O) groups excluding carboxylic acids is 2. The number of sulfonamides is 1. The second-order valence-electron chi connectivity index (χ2n) is 6.79. The number of hydrogen-bond acceptors (Lipinski definition) is 4. The van der Waals surface area contributed by atoms with Gasteiger partial charge in [-0.2, -0.15) is 4.31 Å². The molecule has 0 saturated carbocycles. The Labute approximate surface area is 182 Å². The average molecular weight is 452 g/mol. The van der Waals surface area contributed by atoms with Gasteiger partial charge in [0.2, 0.25) is 21.8 Å². The maximum atomic E-state index is 13.1. The maximum absolute atomic E-state index is 13.1. The monoisotopic (exact) mass is 451 g/mol. The molecule has 30 heavy (non-hydrogen) atoms. The number of carbonyl (C=O) groups is 2. The quantitative estimate of drug-likeness (QED) is 0.634. The molecular formula is C21H26ClN3O4S. The van der Waals surface area contributed by atoms with E-state index in [1.165, 1.54) is 36.2 Å². The molecule has 1 atom stereocenters. The van der Waals surface area contributed by atoms with E-state index in [4.69, 9.17) is 11.6 Å². The van der Waals surface area contributed by atoms with Crippen LogP contribution in [-0.4, -0.2) is 55.6 Å². The minimum atomic E-state index is -3.89. The van der Waals surface area contributed by atoms with Crippen molar-refractivity contribution in [2.75, 3.05) is 20.1 Å². The van der Waals surface area contributed by atoms with E-state index in [0.717, 1.165) is 9.87 Å². The van der Waals surface area contributed by atoms with Gasteiger partial charge in [-0.15, -0.1) is 0 Å². The van der Waals surface area contributed by atoms with Crippen LogP contribution in [0.3, 0.4) is 0 Å². The Hall–Kier alpha value is -2.42. The summed E-state index contributed by atoms with van der Waals surface area (Å²) in [5.41, 5.74) is 0.838. The zero-order chi connectivity index (χ0) is 22.3. The standard InChI is InChI=1S/C21H26ClN3O4S/c1-4-23-21(27)16(2)25(14-17-8-6-5-7-9-17)20(26)15-24(3)30(28,29)19-12-10-18(22)11-13-19/h5-13,16H,4,14-15H2,1-3H3,(H,23,27)/t16-/m1/s1. The molecule has 0 aliphatic heterocycles. The molecule has 9 heteroatoms. The van der Waals surface area contributed by atoms with Crippen LogP contribution in [0.1, 0.15) is 19.4 Å². The van der Waals surface area contributed by atoms with Crippen LogP contribution in [0.2, 0.25) is 5.02 Å². The first-order valence-corrected chi connectivity index (χ1v) is 11.3. The Morgan fingerprint density at radius 3 is 2.23 bits per heavy atom. The van der Waals surface area contributed by atoms with Gasteiger partial charge in [0.05, 0.1) is 11.4 Å². The molecule has 0 bridgehead atoms. The van der Waals surface area contributed by atoms with E-state index < -0.39 is 28.5 Å². The summed E-state index contributed by atoms with van der Waals surface area (Å²) in [5.74, 6) is -0.775. The first-order chi connectivity index (χ1) is 14.2. The minimum Gasteiger partial charge on any atom is -0.355 e.